The maximum atomic E-state index is 14.0. The lowest BCUT2D eigenvalue weighted by Crippen LogP contribution is -2.50. The van der Waals surface area contributed by atoms with Crippen LogP contribution in [0.15, 0.2) is 48.6 Å². The number of carbonyl (C=O) groups is 1. The minimum atomic E-state index is -3.95. The first-order valence-corrected chi connectivity index (χ1v) is 22.0. The van der Waals surface area contributed by atoms with Gasteiger partial charge in [0.2, 0.25) is 10.0 Å². The number of hydrogen-bond acceptors (Lipinski definition) is 8. The normalized spacial score (nSPS) is 33.0. The Morgan fingerprint density at radius 2 is 1.92 bits per heavy atom. The third kappa shape index (κ3) is 8.04. The minimum Gasteiger partial charge on any atom is -0.490 e. The van der Waals surface area contributed by atoms with Gasteiger partial charge in [0.25, 0.3) is 5.91 Å². The van der Waals surface area contributed by atoms with E-state index in [0.717, 1.165) is 101 Å². The third-order valence-corrected chi connectivity index (χ3v) is 15.4. The molecule has 3 aliphatic carbocycles. The maximum absolute atomic E-state index is 14.0. The molecule has 1 N–H and O–H groups in total. The van der Waals surface area contributed by atoms with E-state index in [1.54, 1.807) is 6.07 Å². The maximum Gasteiger partial charge on any atom is 0.264 e. The minimum absolute atomic E-state index is 0.0731. The van der Waals surface area contributed by atoms with Gasteiger partial charge in [-0.05, 0) is 117 Å². The number of carbonyl (C=O) groups excluding carboxylic acids is 1. The molecule has 1 saturated heterocycles. The van der Waals surface area contributed by atoms with Gasteiger partial charge >= 0.3 is 0 Å². The number of halogens is 1. The van der Waals surface area contributed by atoms with E-state index >= 15 is 0 Å². The van der Waals surface area contributed by atoms with Gasteiger partial charge in [-0.15, -0.1) is 0 Å². The SMILES string of the molecule is C[C@@H]1C/C=C/[C@H](OC[C@@H](C)N2CCOCC2)[C@@H]2CC[C@H]2CN2C[C@@]3(CCCc4cc(Cl)ccc43)COc3ccc(cc32)C(=O)NS(=O)(=O)[C@@H]1CC1CC1. The summed E-state index contributed by atoms with van der Waals surface area (Å²) in [5.74, 6) is 1.09. The molecule has 2 bridgehead atoms. The number of hydrogen-bond donors (Lipinski definition) is 1. The monoisotopic (exact) mass is 765 g/mol. The predicted molar refractivity (Wildman–Crippen MR) is 208 cm³/mol. The molecule has 1 amide bonds. The first-order valence-electron chi connectivity index (χ1n) is 20.1. The zero-order valence-corrected chi connectivity index (χ0v) is 32.9. The van der Waals surface area contributed by atoms with E-state index < -0.39 is 21.2 Å². The van der Waals surface area contributed by atoms with Crippen LogP contribution in [0.2, 0.25) is 5.02 Å². The highest BCUT2D eigenvalue weighted by molar-refractivity contribution is 7.90. The molecule has 288 valence electrons. The van der Waals surface area contributed by atoms with Gasteiger partial charge in [0, 0.05) is 48.2 Å². The van der Waals surface area contributed by atoms with E-state index in [4.69, 9.17) is 25.8 Å². The van der Waals surface area contributed by atoms with Crippen molar-refractivity contribution in [1.29, 1.82) is 0 Å². The summed E-state index contributed by atoms with van der Waals surface area (Å²) in [4.78, 5) is 18.7. The van der Waals surface area contributed by atoms with Crippen LogP contribution in [0, 0.1) is 23.7 Å². The number of allylic oxidation sites excluding steroid dienone is 1. The van der Waals surface area contributed by atoms with Crippen molar-refractivity contribution in [2.45, 2.75) is 94.4 Å². The molecule has 0 aromatic heterocycles. The molecule has 9 nitrogen and oxygen atoms in total. The van der Waals surface area contributed by atoms with Crippen molar-refractivity contribution in [2.75, 3.05) is 57.5 Å². The average Bonchev–Trinajstić information content (AvgIpc) is 3.98. The van der Waals surface area contributed by atoms with Gasteiger partial charge in [-0.25, -0.2) is 13.1 Å². The number of nitrogens with one attached hydrogen (secondary N) is 1. The highest BCUT2D eigenvalue weighted by Gasteiger charge is 2.45. The van der Waals surface area contributed by atoms with E-state index in [1.165, 1.54) is 11.1 Å². The van der Waals surface area contributed by atoms with Crippen LogP contribution in [-0.2, 0) is 31.3 Å². The van der Waals surface area contributed by atoms with Gasteiger partial charge in [-0.1, -0.05) is 49.6 Å². The second-order valence-corrected chi connectivity index (χ2v) is 19.3. The zero-order chi connectivity index (χ0) is 36.7. The number of nitrogens with zero attached hydrogens (tertiary/aromatic N) is 2. The highest BCUT2D eigenvalue weighted by Crippen LogP contribution is 2.47. The van der Waals surface area contributed by atoms with E-state index in [2.05, 4.69) is 45.7 Å². The Labute approximate surface area is 320 Å². The lowest BCUT2D eigenvalue weighted by atomic mass is 9.68. The van der Waals surface area contributed by atoms with E-state index in [0.29, 0.717) is 49.4 Å². The number of sulfonamides is 1. The number of ether oxygens (including phenoxy) is 3. The molecule has 1 spiro atoms. The van der Waals surface area contributed by atoms with Crippen LogP contribution in [0.1, 0.15) is 86.7 Å². The Hall–Kier alpha value is -2.63. The Morgan fingerprint density at radius 1 is 1.09 bits per heavy atom. The Morgan fingerprint density at radius 3 is 2.70 bits per heavy atom. The molecule has 3 aliphatic heterocycles. The number of aryl methyl sites for hydroxylation is 1. The van der Waals surface area contributed by atoms with Crippen molar-refractivity contribution < 1.29 is 27.4 Å². The molecule has 7 atom stereocenters. The summed E-state index contributed by atoms with van der Waals surface area (Å²) in [6.45, 7) is 10.3. The second kappa shape index (κ2) is 15.5. The van der Waals surface area contributed by atoms with E-state index in [1.807, 2.05) is 25.1 Å². The standard InChI is InChI=1S/C42H56ClN3O6S/c1-28-5-3-7-38(51-25-29(2)45-17-19-50-20-18-45)35-13-10-33(35)24-46-26-42(16-4-6-31-22-34(43)12-14-36(31)42)27-52-39-15-11-32(23-37(39)46)41(47)44-53(48,49)40(28)21-30-8-9-30/h3,7,11-12,14-15,22-23,28-30,33,35,38,40H,4-6,8-10,13,16-21,24-27H2,1-2H3,(H,44,47)/b7-3+/t28-,29-,33+,35-,38+,40-,42+/m1/s1. The number of fused-ring (bicyclic) bond motifs is 4. The molecular formula is C42H56ClN3O6S. The van der Waals surface area contributed by atoms with Crippen LogP contribution in [0.3, 0.4) is 0 Å². The first kappa shape index (κ1) is 37.3. The number of rotatable bonds is 6. The Bertz CT molecular complexity index is 1790. The highest BCUT2D eigenvalue weighted by atomic mass is 35.5. The largest absolute Gasteiger partial charge is 0.490 e. The van der Waals surface area contributed by atoms with Crippen LogP contribution in [-0.4, -0.2) is 89.2 Å². The van der Waals surface area contributed by atoms with Crippen molar-refractivity contribution in [3.8, 4) is 5.75 Å². The fourth-order valence-corrected chi connectivity index (χ4v) is 11.6. The van der Waals surface area contributed by atoms with Crippen LogP contribution >= 0.6 is 11.6 Å². The van der Waals surface area contributed by atoms with Crippen molar-refractivity contribution in [3.05, 3.63) is 70.3 Å². The van der Waals surface area contributed by atoms with Crippen LogP contribution in [0.4, 0.5) is 5.69 Å². The van der Waals surface area contributed by atoms with Crippen LogP contribution in [0.25, 0.3) is 0 Å². The third-order valence-electron chi connectivity index (χ3n) is 13.2. The van der Waals surface area contributed by atoms with Gasteiger partial charge < -0.3 is 19.1 Å². The number of anilines is 1. The zero-order valence-electron chi connectivity index (χ0n) is 31.3. The van der Waals surface area contributed by atoms with Crippen molar-refractivity contribution in [3.63, 3.8) is 0 Å². The summed E-state index contributed by atoms with van der Waals surface area (Å²) in [5, 5.41) is 0.0939. The average molecular weight is 766 g/mol. The summed E-state index contributed by atoms with van der Waals surface area (Å²) in [6.07, 6.45) is 12.8. The Balaban J connectivity index is 1.15. The molecule has 53 heavy (non-hydrogen) atoms. The predicted octanol–water partition coefficient (Wildman–Crippen LogP) is 6.77. The molecule has 3 heterocycles. The van der Waals surface area contributed by atoms with Crippen molar-refractivity contribution in [1.82, 2.24) is 9.62 Å². The van der Waals surface area contributed by atoms with Gasteiger partial charge in [0.1, 0.15) is 5.75 Å². The molecule has 6 aliphatic rings. The molecule has 2 saturated carbocycles. The number of benzene rings is 2. The van der Waals surface area contributed by atoms with Crippen LogP contribution < -0.4 is 14.4 Å². The topological polar surface area (TPSA) is 97.4 Å². The summed E-state index contributed by atoms with van der Waals surface area (Å²) in [5.41, 5.74) is 3.50. The van der Waals surface area contributed by atoms with Gasteiger partial charge in [0.05, 0.1) is 43.5 Å². The molecule has 3 fully saturated rings. The van der Waals surface area contributed by atoms with Gasteiger partial charge in [0.15, 0.2) is 0 Å². The summed E-state index contributed by atoms with van der Waals surface area (Å²) < 4.78 is 49.8. The molecule has 11 heteroatoms. The van der Waals surface area contributed by atoms with Crippen LogP contribution in [0.5, 0.6) is 5.75 Å². The first-order chi connectivity index (χ1) is 25.6. The smallest absolute Gasteiger partial charge is 0.264 e. The summed E-state index contributed by atoms with van der Waals surface area (Å²) in [7, 11) is -3.95. The van der Waals surface area contributed by atoms with Gasteiger partial charge in [-0.3, -0.25) is 9.69 Å². The second-order valence-electron chi connectivity index (χ2n) is 16.9. The summed E-state index contributed by atoms with van der Waals surface area (Å²) >= 11 is 6.50. The molecule has 8 rings (SSSR count). The van der Waals surface area contributed by atoms with Crippen molar-refractivity contribution >= 4 is 33.2 Å². The lowest BCUT2D eigenvalue weighted by molar-refractivity contribution is -0.0499. The number of morpholine rings is 1. The molecule has 2 aromatic carbocycles. The van der Waals surface area contributed by atoms with Crippen molar-refractivity contribution in [2.24, 2.45) is 23.7 Å². The summed E-state index contributed by atoms with van der Waals surface area (Å²) in [6, 6.07) is 12.0. The fraction of sp³-hybridized carbons (Fsp3) is 0.643. The lowest BCUT2D eigenvalue weighted by Gasteiger charge is -2.46. The molecule has 0 radical (unpaired) electrons. The van der Waals surface area contributed by atoms with Gasteiger partial charge in [-0.2, -0.15) is 0 Å². The fourth-order valence-electron chi connectivity index (χ4n) is 9.68. The quantitative estimate of drug-likeness (QED) is 0.322. The molecular weight excluding hydrogens is 710 g/mol. The molecule has 0 unspecified atom stereocenters. The molecule has 2 aromatic rings. The number of amides is 1. The Kier molecular flexibility index (Phi) is 10.9. The van der Waals surface area contributed by atoms with E-state index in [-0.39, 0.29) is 23.5 Å². The van der Waals surface area contributed by atoms with E-state index in [9.17, 15) is 13.2 Å².